The van der Waals surface area contributed by atoms with Crippen molar-refractivity contribution < 1.29 is 4.42 Å². The summed E-state index contributed by atoms with van der Waals surface area (Å²) in [6.07, 6.45) is 5.15. The van der Waals surface area contributed by atoms with Crippen LogP contribution in [0.4, 0.5) is 0 Å². The number of nitrogens with zero attached hydrogens (tertiary/aromatic N) is 4. The predicted molar refractivity (Wildman–Crippen MR) is 94.2 cm³/mol. The van der Waals surface area contributed by atoms with Crippen molar-refractivity contribution in [1.29, 1.82) is 5.41 Å². The first kappa shape index (κ1) is 15.4. The molecule has 0 aliphatic rings. The fraction of sp³-hybridized carbons (Fsp3) is 0.211. The molecule has 0 fully saturated rings. The fourth-order valence-corrected chi connectivity index (χ4v) is 3.13. The van der Waals surface area contributed by atoms with Crippen LogP contribution in [0, 0.1) is 19.3 Å². The van der Waals surface area contributed by atoms with Gasteiger partial charge in [0.1, 0.15) is 16.9 Å². The molecular formula is C19H19N5O. The molecule has 4 heterocycles. The number of aryl methyl sites for hydroxylation is 1. The van der Waals surface area contributed by atoms with Gasteiger partial charge in [-0.1, -0.05) is 6.07 Å². The van der Waals surface area contributed by atoms with Crippen LogP contribution < -0.4 is 5.49 Å². The van der Waals surface area contributed by atoms with Crippen LogP contribution in [0.1, 0.15) is 22.7 Å². The Labute approximate surface area is 144 Å². The number of pyridine rings is 1. The number of fused-ring (bicyclic) bond motifs is 1. The third-order valence-corrected chi connectivity index (χ3v) is 4.60. The normalized spacial score (nSPS) is 11.3. The highest BCUT2D eigenvalue weighted by atomic mass is 16.3. The van der Waals surface area contributed by atoms with Crippen LogP contribution >= 0.6 is 0 Å². The van der Waals surface area contributed by atoms with Crippen LogP contribution in [0.5, 0.6) is 0 Å². The van der Waals surface area contributed by atoms with Crippen molar-refractivity contribution in [2.75, 3.05) is 0 Å². The topological polar surface area (TPSA) is 72.6 Å². The van der Waals surface area contributed by atoms with Crippen LogP contribution in [-0.2, 0) is 13.1 Å². The Kier molecular flexibility index (Phi) is 3.72. The molecule has 0 aliphatic heterocycles. The van der Waals surface area contributed by atoms with Gasteiger partial charge in [0.25, 0.3) is 0 Å². The lowest BCUT2D eigenvalue weighted by Crippen LogP contribution is -2.21. The van der Waals surface area contributed by atoms with Gasteiger partial charge in [0.05, 0.1) is 36.8 Å². The van der Waals surface area contributed by atoms with Gasteiger partial charge in [-0.2, -0.15) is 0 Å². The van der Waals surface area contributed by atoms with Crippen LogP contribution in [-0.4, -0.2) is 19.1 Å². The van der Waals surface area contributed by atoms with E-state index in [-0.39, 0.29) is 0 Å². The first-order chi connectivity index (χ1) is 12.1. The number of aromatic nitrogens is 4. The van der Waals surface area contributed by atoms with E-state index in [1.54, 1.807) is 23.4 Å². The van der Waals surface area contributed by atoms with Gasteiger partial charge >= 0.3 is 0 Å². The average Bonchev–Trinajstić information content (AvgIpc) is 3.21. The van der Waals surface area contributed by atoms with Crippen LogP contribution in [0.2, 0.25) is 0 Å². The number of rotatable bonds is 4. The number of furan rings is 1. The quantitative estimate of drug-likeness (QED) is 0.624. The molecule has 0 bridgehead atoms. The SMILES string of the molecule is Cc1c(C)n(Cc2ccccn2)c2ncn(Cc3ccco3)c(=N)c12. The summed E-state index contributed by atoms with van der Waals surface area (Å²) in [4.78, 5) is 9.04. The Hall–Kier alpha value is -3.15. The molecule has 0 amide bonds. The molecule has 1 N–H and O–H groups in total. The maximum Gasteiger partial charge on any atom is 0.146 e. The number of nitrogens with one attached hydrogen (secondary N) is 1. The summed E-state index contributed by atoms with van der Waals surface area (Å²) in [5.41, 5.74) is 4.43. The van der Waals surface area contributed by atoms with Gasteiger partial charge in [-0.25, -0.2) is 4.98 Å². The van der Waals surface area contributed by atoms with E-state index in [1.165, 1.54) is 0 Å². The zero-order chi connectivity index (χ0) is 17.4. The van der Waals surface area contributed by atoms with E-state index in [2.05, 4.69) is 21.5 Å². The van der Waals surface area contributed by atoms with Crippen LogP contribution in [0.25, 0.3) is 11.0 Å². The first-order valence-electron chi connectivity index (χ1n) is 8.17. The molecule has 25 heavy (non-hydrogen) atoms. The summed E-state index contributed by atoms with van der Waals surface area (Å²) >= 11 is 0. The highest BCUT2D eigenvalue weighted by molar-refractivity contribution is 5.80. The standard InChI is InChI=1S/C19H19N5O/c1-13-14(2)24(10-15-6-3-4-8-21-15)19-17(13)18(20)23(12-22-19)11-16-7-5-9-25-16/h3-9,12,20H,10-11H2,1-2H3. The fourth-order valence-electron chi connectivity index (χ4n) is 3.13. The second-order valence-corrected chi connectivity index (χ2v) is 6.12. The third kappa shape index (κ3) is 2.65. The van der Waals surface area contributed by atoms with Gasteiger partial charge in [0, 0.05) is 11.9 Å². The monoisotopic (exact) mass is 333 g/mol. The molecule has 0 spiro atoms. The van der Waals surface area contributed by atoms with Gasteiger partial charge < -0.3 is 13.6 Å². The Morgan fingerprint density at radius 1 is 1.08 bits per heavy atom. The van der Waals surface area contributed by atoms with Crippen LogP contribution in [0.3, 0.4) is 0 Å². The smallest absolute Gasteiger partial charge is 0.146 e. The number of hydrogen-bond acceptors (Lipinski definition) is 4. The van der Waals surface area contributed by atoms with Gasteiger partial charge in [0.15, 0.2) is 0 Å². The van der Waals surface area contributed by atoms with E-state index >= 15 is 0 Å². The molecule has 6 heteroatoms. The summed E-state index contributed by atoms with van der Waals surface area (Å²) in [5.74, 6) is 0.807. The highest BCUT2D eigenvalue weighted by Crippen LogP contribution is 2.21. The van der Waals surface area contributed by atoms with Gasteiger partial charge in [0.2, 0.25) is 0 Å². The minimum atomic E-state index is 0.446. The van der Waals surface area contributed by atoms with E-state index in [4.69, 9.17) is 9.83 Å². The van der Waals surface area contributed by atoms with Gasteiger partial charge in [-0.15, -0.1) is 0 Å². The molecule has 0 aromatic carbocycles. The van der Waals surface area contributed by atoms with Crippen molar-refractivity contribution in [3.05, 3.63) is 77.3 Å². The van der Waals surface area contributed by atoms with Crippen LogP contribution in [0.15, 0.2) is 53.5 Å². The van der Waals surface area contributed by atoms with Gasteiger partial charge in [-0.3, -0.25) is 10.4 Å². The molecule has 0 saturated carbocycles. The minimum Gasteiger partial charge on any atom is -0.467 e. The van der Waals surface area contributed by atoms with Crippen molar-refractivity contribution in [1.82, 2.24) is 19.1 Å². The Bertz CT molecular complexity index is 1070. The van der Waals surface area contributed by atoms with Crippen molar-refractivity contribution in [3.63, 3.8) is 0 Å². The Morgan fingerprint density at radius 2 is 1.96 bits per heavy atom. The van der Waals surface area contributed by atoms with Gasteiger partial charge in [-0.05, 0) is 43.7 Å². The van der Waals surface area contributed by atoms with Crippen molar-refractivity contribution in [3.8, 4) is 0 Å². The first-order valence-corrected chi connectivity index (χ1v) is 8.17. The molecule has 4 aromatic heterocycles. The summed E-state index contributed by atoms with van der Waals surface area (Å²) in [6, 6.07) is 9.65. The molecule has 0 aliphatic carbocycles. The Balaban J connectivity index is 1.82. The predicted octanol–water partition coefficient (Wildman–Crippen LogP) is 3.02. The maximum atomic E-state index is 8.62. The molecule has 4 aromatic rings. The molecule has 0 radical (unpaired) electrons. The minimum absolute atomic E-state index is 0.446. The summed E-state index contributed by atoms with van der Waals surface area (Å²) in [6.45, 7) is 5.25. The van der Waals surface area contributed by atoms with Crippen molar-refractivity contribution in [2.24, 2.45) is 0 Å². The second kappa shape index (κ2) is 6.05. The molecule has 0 saturated heterocycles. The molecule has 4 rings (SSSR count). The highest BCUT2D eigenvalue weighted by Gasteiger charge is 2.16. The number of hydrogen-bond donors (Lipinski definition) is 1. The van der Waals surface area contributed by atoms with E-state index in [1.807, 2.05) is 37.3 Å². The van der Waals surface area contributed by atoms with E-state index in [0.717, 1.165) is 33.7 Å². The summed E-state index contributed by atoms with van der Waals surface area (Å²) < 4.78 is 9.33. The lowest BCUT2D eigenvalue weighted by molar-refractivity contribution is 0.486. The average molecular weight is 333 g/mol. The van der Waals surface area contributed by atoms with E-state index in [9.17, 15) is 0 Å². The lowest BCUT2D eigenvalue weighted by Gasteiger charge is -2.08. The third-order valence-electron chi connectivity index (χ3n) is 4.60. The lowest BCUT2D eigenvalue weighted by atomic mass is 10.2. The summed E-state index contributed by atoms with van der Waals surface area (Å²) in [7, 11) is 0. The van der Waals surface area contributed by atoms with Crippen molar-refractivity contribution in [2.45, 2.75) is 26.9 Å². The zero-order valence-corrected chi connectivity index (χ0v) is 14.2. The van der Waals surface area contributed by atoms with E-state index < -0.39 is 0 Å². The maximum absolute atomic E-state index is 8.62. The molecular weight excluding hydrogens is 314 g/mol. The molecule has 126 valence electrons. The van der Waals surface area contributed by atoms with Crippen molar-refractivity contribution >= 4 is 11.0 Å². The van der Waals surface area contributed by atoms with E-state index in [0.29, 0.717) is 18.6 Å². The molecule has 0 atom stereocenters. The Morgan fingerprint density at radius 3 is 2.68 bits per heavy atom. The summed E-state index contributed by atoms with van der Waals surface area (Å²) in [5, 5.41) is 9.50. The zero-order valence-electron chi connectivity index (χ0n) is 14.2. The molecule has 6 nitrogen and oxygen atoms in total. The second-order valence-electron chi connectivity index (χ2n) is 6.12. The largest absolute Gasteiger partial charge is 0.467 e. The molecule has 0 unspecified atom stereocenters.